The molecule has 3 rings (SSSR count). The molecule has 2 N–H and O–H groups in total. The van der Waals surface area contributed by atoms with Crippen LogP contribution >= 0.6 is 23.4 Å². The molecule has 2 aliphatic rings. The molecule has 0 radical (unpaired) electrons. The minimum Gasteiger partial charge on any atom is -0.369 e. The van der Waals surface area contributed by atoms with Gasteiger partial charge in [0.1, 0.15) is 0 Å². The third-order valence-corrected chi connectivity index (χ3v) is 5.20. The Morgan fingerprint density at radius 1 is 1.39 bits per heavy atom. The van der Waals surface area contributed by atoms with Crippen molar-refractivity contribution in [3.05, 3.63) is 39.8 Å². The van der Waals surface area contributed by atoms with Crippen LogP contribution < -0.4 is 5.73 Å². The van der Waals surface area contributed by atoms with Crippen LogP contribution in [0.25, 0.3) is 6.08 Å². The highest BCUT2D eigenvalue weighted by atomic mass is 35.5. The maximum Gasteiger partial charge on any atom is 0.286 e. The first-order chi connectivity index (χ1) is 11.0. The van der Waals surface area contributed by atoms with Crippen molar-refractivity contribution in [1.82, 2.24) is 4.90 Å². The van der Waals surface area contributed by atoms with Crippen LogP contribution in [0.2, 0.25) is 5.02 Å². The van der Waals surface area contributed by atoms with Crippen LogP contribution in [0.3, 0.4) is 0 Å². The third-order valence-electron chi connectivity index (χ3n) is 3.92. The second kappa shape index (κ2) is 6.76. The minimum absolute atomic E-state index is 0.0737. The number of amides is 2. The Morgan fingerprint density at radius 3 is 2.78 bits per heavy atom. The summed E-state index contributed by atoms with van der Waals surface area (Å²) in [5.41, 5.74) is 6.21. The number of aliphatic imine (C=N–C) groups is 1. The van der Waals surface area contributed by atoms with E-state index in [9.17, 15) is 9.59 Å². The number of benzene rings is 1. The molecule has 23 heavy (non-hydrogen) atoms. The van der Waals surface area contributed by atoms with Gasteiger partial charge in [-0.1, -0.05) is 23.7 Å². The predicted octanol–water partition coefficient (Wildman–Crippen LogP) is 2.51. The van der Waals surface area contributed by atoms with Gasteiger partial charge in [-0.2, -0.15) is 4.99 Å². The zero-order chi connectivity index (χ0) is 16.4. The third kappa shape index (κ3) is 3.76. The van der Waals surface area contributed by atoms with Gasteiger partial charge in [-0.15, -0.1) is 0 Å². The summed E-state index contributed by atoms with van der Waals surface area (Å²) >= 11 is 7.32. The monoisotopic (exact) mass is 349 g/mol. The molecule has 7 heteroatoms. The molecule has 5 nitrogen and oxygen atoms in total. The Bertz CT molecular complexity index is 709. The van der Waals surface area contributed by atoms with Crippen molar-refractivity contribution in [1.29, 1.82) is 0 Å². The van der Waals surface area contributed by atoms with Gasteiger partial charge in [-0.3, -0.25) is 9.59 Å². The van der Waals surface area contributed by atoms with Crippen molar-refractivity contribution in [2.75, 3.05) is 13.1 Å². The van der Waals surface area contributed by atoms with Gasteiger partial charge in [0.25, 0.3) is 5.91 Å². The fraction of sp³-hybridized carbons (Fsp3) is 0.312. The largest absolute Gasteiger partial charge is 0.369 e. The summed E-state index contributed by atoms with van der Waals surface area (Å²) in [6.45, 7) is 1.38. The maximum absolute atomic E-state index is 12.1. The van der Waals surface area contributed by atoms with Crippen LogP contribution in [0.15, 0.2) is 34.2 Å². The molecule has 1 fully saturated rings. The summed E-state index contributed by atoms with van der Waals surface area (Å²) in [6.07, 6.45) is 3.21. The molecule has 0 saturated carbocycles. The number of likely N-dealkylation sites (tertiary alicyclic amines) is 1. The summed E-state index contributed by atoms with van der Waals surface area (Å²) in [7, 11) is 0. The fourth-order valence-electron chi connectivity index (χ4n) is 2.64. The molecule has 0 aromatic heterocycles. The van der Waals surface area contributed by atoms with Crippen LogP contribution in [0, 0.1) is 5.92 Å². The molecule has 1 aromatic carbocycles. The number of rotatable bonds is 2. The maximum atomic E-state index is 12.1. The van der Waals surface area contributed by atoms with Crippen LogP contribution in [0.1, 0.15) is 18.4 Å². The highest BCUT2D eigenvalue weighted by Gasteiger charge is 2.30. The molecule has 0 aliphatic carbocycles. The Kier molecular flexibility index (Phi) is 4.73. The van der Waals surface area contributed by atoms with Gasteiger partial charge in [-0.05, 0) is 48.4 Å². The zero-order valence-electron chi connectivity index (χ0n) is 12.4. The van der Waals surface area contributed by atoms with E-state index in [2.05, 4.69) is 4.99 Å². The van der Waals surface area contributed by atoms with Gasteiger partial charge >= 0.3 is 0 Å². The fourth-order valence-corrected chi connectivity index (χ4v) is 3.80. The van der Waals surface area contributed by atoms with Crippen molar-refractivity contribution >= 4 is 46.4 Å². The summed E-state index contributed by atoms with van der Waals surface area (Å²) in [5.74, 6) is -0.555. The average molecular weight is 350 g/mol. The van der Waals surface area contributed by atoms with E-state index in [4.69, 9.17) is 17.3 Å². The van der Waals surface area contributed by atoms with Crippen molar-refractivity contribution in [3.8, 4) is 0 Å². The van der Waals surface area contributed by atoms with Crippen molar-refractivity contribution in [3.63, 3.8) is 0 Å². The van der Waals surface area contributed by atoms with E-state index < -0.39 is 0 Å². The van der Waals surface area contributed by atoms with E-state index in [1.54, 1.807) is 18.2 Å². The molecule has 0 atom stereocenters. The van der Waals surface area contributed by atoms with E-state index in [-0.39, 0.29) is 17.7 Å². The number of carbonyl (C=O) groups is 2. The molecular formula is C16H16ClN3O2S. The van der Waals surface area contributed by atoms with Crippen LogP contribution in [-0.4, -0.2) is 35.0 Å². The van der Waals surface area contributed by atoms with E-state index in [1.807, 2.05) is 17.0 Å². The minimum atomic E-state index is -0.247. The number of carbonyl (C=O) groups excluding carboxylic acids is 2. The number of halogens is 1. The number of thioether (sulfide) groups is 1. The lowest BCUT2D eigenvalue weighted by Gasteiger charge is -2.31. The number of nitrogens with zero attached hydrogens (tertiary/aromatic N) is 2. The lowest BCUT2D eigenvalue weighted by Crippen LogP contribution is -2.40. The van der Waals surface area contributed by atoms with Gasteiger partial charge in [0.15, 0.2) is 5.17 Å². The van der Waals surface area contributed by atoms with Crippen LogP contribution in [0.4, 0.5) is 0 Å². The Balaban J connectivity index is 1.68. The van der Waals surface area contributed by atoms with E-state index in [0.717, 1.165) is 5.56 Å². The molecular weight excluding hydrogens is 334 g/mol. The van der Waals surface area contributed by atoms with Gasteiger partial charge < -0.3 is 10.6 Å². The molecule has 0 unspecified atom stereocenters. The lowest BCUT2D eigenvalue weighted by molar-refractivity contribution is -0.123. The molecule has 120 valence electrons. The topological polar surface area (TPSA) is 75.8 Å². The first-order valence-corrected chi connectivity index (χ1v) is 8.55. The van der Waals surface area contributed by atoms with Crippen molar-refractivity contribution < 1.29 is 9.59 Å². The molecule has 1 saturated heterocycles. The second-order valence-electron chi connectivity index (χ2n) is 5.53. The summed E-state index contributed by atoms with van der Waals surface area (Å²) in [5, 5.41) is 1.33. The van der Waals surface area contributed by atoms with E-state index in [0.29, 0.717) is 41.0 Å². The summed E-state index contributed by atoms with van der Waals surface area (Å²) in [4.78, 5) is 30.0. The van der Waals surface area contributed by atoms with Gasteiger partial charge in [0.05, 0.1) is 4.91 Å². The van der Waals surface area contributed by atoms with Crippen molar-refractivity contribution in [2.45, 2.75) is 12.8 Å². The van der Waals surface area contributed by atoms with Crippen molar-refractivity contribution in [2.24, 2.45) is 16.6 Å². The number of amidine groups is 1. The SMILES string of the molecule is NC(=O)C1CCN(C2=NC(=O)/C(=C/c3cccc(Cl)c3)S2)CC1. The van der Waals surface area contributed by atoms with Gasteiger partial charge in [0, 0.05) is 24.0 Å². The normalized spacial score (nSPS) is 20.9. The Labute approximate surface area is 143 Å². The van der Waals surface area contributed by atoms with Gasteiger partial charge in [-0.25, -0.2) is 0 Å². The number of primary amides is 1. The van der Waals surface area contributed by atoms with E-state index >= 15 is 0 Å². The number of nitrogens with two attached hydrogens (primary N) is 1. The number of hydrogen-bond acceptors (Lipinski definition) is 4. The lowest BCUT2D eigenvalue weighted by atomic mass is 9.97. The highest BCUT2D eigenvalue weighted by Crippen LogP contribution is 2.32. The predicted molar refractivity (Wildman–Crippen MR) is 93.0 cm³/mol. The Morgan fingerprint density at radius 2 is 2.13 bits per heavy atom. The summed E-state index contributed by atoms with van der Waals surface area (Å²) < 4.78 is 0. The van der Waals surface area contributed by atoms with E-state index in [1.165, 1.54) is 11.8 Å². The average Bonchev–Trinajstić information content (AvgIpc) is 2.88. The van der Waals surface area contributed by atoms with Gasteiger partial charge in [0.2, 0.25) is 5.91 Å². The Hall–Kier alpha value is -1.79. The van der Waals surface area contributed by atoms with Crippen LogP contribution in [0.5, 0.6) is 0 Å². The number of hydrogen-bond donors (Lipinski definition) is 1. The quantitative estimate of drug-likeness (QED) is 0.832. The second-order valence-corrected chi connectivity index (χ2v) is 6.97. The summed E-state index contributed by atoms with van der Waals surface area (Å²) in [6, 6.07) is 7.33. The molecule has 2 aliphatic heterocycles. The molecule has 2 amide bonds. The smallest absolute Gasteiger partial charge is 0.286 e. The first-order valence-electron chi connectivity index (χ1n) is 7.35. The highest BCUT2D eigenvalue weighted by molar-refractivity contribution is 8.18. The number of piperidine rings is 1. The standard InChI is InChI=1S/C16H16ClN3O2S/c17-12-3-1-2-10(8-12)9-13-15(22)19-16(23-13)20-6-4-11(5-7-20)14(18)21/h1-3,8-9,11H,4-7H2,(H2,18,21)/b13-9-. The zero-order valence-corrected chi connectivity index (χ0v) is 13.9. The molecule has 1 aromatic rings. The first kappa shape index (κ1) is 16.1. The molecule has 2 heterocycles. The van der Waals surface area contributed by atoms with Crippen LogP contribution in [-0.2, 0) is 9.59 Å². The molecule has 0 bridgehead atoms. The molecule has 0 spiro atoms.